The smallest absolute Gasteiger partial charge is 0.232 e. The molecule has 3 heterocycles. The first-order chi connectivity index (χ1) is 12.7. The first-order valence-electron chi connectivity index (χ1n) is 9.24. The van der Waals surface area contributed by atoms with Gasteiger partial charge < -0.3 is 9.42 Å². The fraction of sp³-hybridized carbons (Fsp3) is 0.500. The van der Waals surface area contributed by atoms with Crippen molar-refractivity contribution in [1.29, 1.82) is 0 Å². The van der Waals surface area contributed by atoms with Crippen LogP contribution in [0.5, 0.6) is 0 Å². The molecular formula is C20H24N2O2S2. The predicted molar refractivity (Wildman–Crippen MR) is 107 cm³/mol. The maximum absolute atomic E-state index is 12.7. The van der Waals surface area contributed by atoms with Crippen LogP contribution in [0.2, 0.25) is 0 Å². The molecule has 1 aliphatic heterocycles. The molecular weight excluding hydrogens is 364 g/mol. The van der Waals surface area contributed by atoms with Crippen molar-refractivity contribution in [1.82, 2.24) is 10.1 Å². The second kappa shape index (κ2) is 8.01. The van der Waals surface area contributed by atoms with Gasteiger partial charge in [0, 0.05) is 24.9 Å². The number of likely N-dealkylation sites (tertiary alicyclic amines) is 1. The Morgan fingerprint density at radius 1 is 1.38 bits per heavy atom. The number of carbonyl (C=O) groups is 1. The lowest BCUT2D eigenvalue weighted by Gasteiger charge is -2.44. The SMILES string of the molecule is O=C(CSCc1cc(-c2cccs2)on1)N1CCCC2(CC=CCC2)C1. The molecule has 4 nitrogen and oxygen atoms in total. The van der Waals surface area contributed by atoms with Gasteiger partial charge in [0.25, 0.3) is 0 Å². The third-order valence-electron chi connectivity index (χ3n) is 5.37. The highest BCUT2D eigenvalue weighted by molar-refractivity contribution is 7.99. The quantitative estimate of drug-likeness (QED) is 0.677. The van der Waals surface area contributed by atoms with Gasteiger partial charge in [0.1, 0.15) is 0 Å². The molecule has 0 saturated carbocycles. The van der Waals surface area contributed by atoms with Crippen LogP contribution in [0.15, 0.2) is 40.3 Å². The van der Waals surface area contributed by atoms with Crippen molar-refractivity contribution in [2.45, 2.75) is 37.9 Å². The van der Waals surface area contributed by atoms with Crippen molar-refractivity contribution in [3.63, 3.8) is 0 Å². The average molecular weight is 389 g/mol. The standard InChI is InChI=1S/C20H24N2O2S2/c23-19(22-10-5-9-20(15-22)7-2-1-3-8-20)14-25-13-16-12-17(24-21-16)18-6-4-11-26-18/h1-2,4,6,11-12H,3,5,7-10,13-15H2. The summed E-state index contributed by atoms with van der Waals surface area (Å²) in [6.07, 6.45) is 10.5. The number of piperidine rings is 1. The highest BCUT2D eigenvalue weighted by Crippen LogP contribution is 2.40. The Bertz CT molecular complexity index is 769. The second-order valence-electron chi connectivity index (χ2n) is 7.29. The zero-order valence-electron chi connectivity index (χ0n) is 14.9. The Labute approximate surface area is 162 Å². The predicted octanol–water partition coefficient (Wildman–Crippen LogP) is 4.99. The van der Waals surface area contributed by atoms with Crippen LogP contribution in [0.25, 0.3) is 10.6 Å². The van der Waals surface area contributed by atoms with Gasteiger partial charge in [-0.1, -0.05) is 23.4 Å². The van der Waals surface area contributed by atoms with E-state index in [0.717, 1.165) is 48.7 Å². The summed E-state index contributed by atoms with van der Waals surface area (Å²) in [5.41, 5.74) is 1.24. The van der Waals surface area contributed by atoms with E-state index in [1.807, 2.05) is 23.6 Å². The lowest BCUT2D eigenvalue weighted by Crippen LogP contribution is -2.47. The molecule has 0 radical (unpaired) electrons. The highest BCUT2D eigenvalue weighted by atomic mass is 32.2. The highest BCUT2D eigenvalue weighted by Gasteiger charge is 2.36. The van der Waals surface area contributed by atoms with Gasteiger partial charge in [0.2, 0.25) is 5.91 Å². The number of thioether (sulfide) groups is 1. The van der Waals surface area contributed by atoms with E-state index < -0.39 is 0 Å². The molecule has 6 heteroatoms. The molecule has 1 fully saturated rings. The molecule has 4 rings (SSSR count). The summed E-state index contributed by atoms with van der Waals surface area (Å²) in [5.74, 6) is 2.31. The van der Waals surface area contributed by atoms with Crippen LogP contribution in [0.4, 0.5) is 0 Å². The van der Waals surface area contributed by atoms with Crippen LogP contribution in [0.1, 0.15) is 37.8 Å². The second-order valence-corrected chi connectivity index (χ2v) is 9.22. The molecule has 1 atom stereocenters. The molecule has 138 valence electrons. The molecule has 1 saturated heterocycles. The van der Waals surface area contributed by atoms with Crippen molar-refractivity contribution in [2.24, 2.45) is 5.41 Å². The van der Waals surface area contributed by atoms with E-state index in [1.54, 1.807) is 23.1 Å². The summed E-state index contributed by atoms with van der Waals surface area (Å²) >= 11 is 3.27. The van der Waals surface area contributed by atoms with Gasteiger partial charge in [-0.05, 0) is 49.0 Å². The minimum absolute atomic E-state index is 0.269. The third kappa shape index (κ3) is 4.07. The lowest BCUT2D eigenvalue weighted by atomic mass is 9.71. The Morgan fingerprint density at radius 2 is 2.35 bits per heavy atom. The van der Waals surface area contributed by atoms with E-state index in [2.05, 4.69) is 22.2 Å². The largest absolute Gasteiger partial charge is 0.355 e. The van der Waals surface area contributed by atoms with Gasteiger partial charge >= 0.3 is 0 Å². The number of aromatic nitrogens is 1. The Morgan fingerprint density at radius 3 is 3.15 bits per heavy atom. The molecule has 1 unspecified atom stereocenters. The van der Waals surface area contributed by atoms with Crippen LogP contribution in [-0.4, -0.2) is 34.8 Å². The Hall–Kier alpha value is -1.53. The number of rotatable bonds is 5. The molecule has 0 N–H and O–H groups in total. The number of thiophene rings is 1. The Kier molecular flexibility index (Phi) is 5.50. The summed E-state index contributed by atoms with van der Waals surface area (Å²) in [5, 5.41) is 6.15. The van der Waals surface area contributed by atoms with Crippen LogP contribution in [0, 0.1) is 5.41 Å². The van der Waals surface area contributed by atoms with Gasteiger partial charge in [0.15, 0.2) is 5.76 Å². The monoisotopic (exact) mass is 388 g/mol. The van der Waals surface area contributed by atoms with E-state index in [4.69, 9.17) is 4.52 Å². The van der Waals surface area contributed by atoms with E-state index >= 15 is 0 Å². The number of nitrogens with zero attached hydrogens (tertiary/aromatic N) is 2. The van der Waals surface area contributed by atoms with Crippen LogP contribution < -0.4 is 0 Å². The van der Waals surface area contributed by atoms with E-state index in [0.29, 0.717) is 16.9 Å². The molecule has 0 bridgehead atoms. The van der Waals surface area contributed by atoms with Crippen molar-refractivity contribution in [2.75, 3.05) is 18.8 Å². The molecule has 1 spiro atoms. The van der Waals surface area contributed by atoms with Crippen LogP contribution >= 0.6 is 23.1 Å². The van der Waals surface area contributed by atoms with Crippen molar-refractivity contribution < 1.29 is 9.32 Å². The molecule has 26 heavy (non-hydrogen) atoms. The minimum Gasteiger partial charge on any atom is -0.355 e. The molecule has 0 aromatic carbocycles. The number of hydrogen-bond donors (Lipinski definition) is 0. The normalized spacial score (nSPS) is 22.8. The van der Waals surface area contributed by atoms with Gasteiger partial charge in [0.05, 0.1) is 16.3 Å². The molecule has 2 aromatic heterocycles. The molecule has 2 aliphatic rings. The number of hydrogen-bond acceptors (Lipinski definition) is 5. The van der Waals surface area contributed by atoms with Crippen LogP contribution in [-0.2, 0) is 10.5 Å². The zero-order valence-corrected chi connectivity index (χ0v) is 16.5. The van der Waals surface area contributed by atoms with E-state index in [1.165, 1.54) is 12.8 Å². The van der Waals surface area contributed by atoms with Crippen molar-refractivity contribution >= 4 is 29.0 Å². The van der Waals surface area contributed by atoms with Crippen molar-refractivity contribution in [3.8, 4) is 10.6 Å². The molecule has 1 aliphatic carbocycles. The average Bonchev–Trinajstić information content (AvgIpc) is 3.34. The fourth-order valence-corrected chi connectivity index (χ4v) is 5.46. The fourth-order valence-electron chi connectivity index (χ4n) is 3.98. The Balaban J connectivity index is 1.27. The van der Waals surface area contributed by atoms with E-state index in [-0.39, 0.29) is 5.91 Å². The number of allylic oxidation sites excluding steroid dienone is 2. The van der Waals surface area contributed by atoms with Crippen LogP contribution in [0.3, 0.4) is 0 Å². The molecule has 1 amide bonds. The summed E-state index contributed by atoms with van der Waals surface area (Å²) in [6.45, 7) is 1.85. The topological polar surface area (TPSA) is 46.3 Å². The summed E-state index contributed by atoms with van der Waals surface area (Å²) in [6, 6.07) is 6.01. The van der Waals surface area contributed by atoms with Gasteiger partial charge in [-0.2, -0.15) is 0 Å². The summed E-state index contributed by atoms with van der Waals surface area (Å²) in [4.78, 5) is 15.8. The number of amides is 1. The first kappa shape index (κ1) is 17.9. The van der Waals surface area contributed by atoms with Crippen molar-refractivity contribution in [3.05, 3.63) is 41.4 Å². The van der Waals surface area contributed by atoms with Gasteiger partial charge in [-0.25, -0.2) is 0 Å². The van der Waals surface area contributed by atoms with Gasteiger partial charge in [-0.3, -0.25) is 4.79 Å². The minimum atomic E-state index is 0.269. The summed E-state index contributed by atoms with van der Waals surface area (Å²) < 4.78 is 5.40. The number of carbonyl (C=O) groups excluding carboxylic acids is 1. The van der Waals surface area contributed by atoms with E-state index in [9.17, 15) is 4.79 Å². The maximum atomic E-state index is 12.7. The summed E-state index contributed by atoms with van der Waals surface area (Å²) in [7, 11) is 0. The molecule has 2 aromatic rings. The third-order valence-corrected chi connectivity index (χ3v) is 7.21. The zero-order chi connectivity index (χ0) is 17.8. The lowest BCUT2D eigenvalue weighted by molar-refractivity contribution is -0.132. The first-order valence-corrected chi connectivity index (χ1v) is 11.3. The maximum Gasteiger partial charge on any atom is 0.232 e. The van der Waals surface area contributed by atoms with Gasteiger partial charge in [-0.15, -0.1) is 23.1 Å².